The number of hydrogen-bond acceptors (Lipinski definition) is 4. The van der Waals surface area contributed by atoms with Crippen LogP contribution in [0.4, 0.5) is 5.95 Å². The molecule has 0 bridgehead atoms. The van der Waals surface area contributed by atoms with Crippen LogP contribution in [-0.4, -0.2) is 38.4 Å². The average Bonchev–Trinajstić information content (AvgIpc) is 3.16. The van der Waals surface area contributed by atoms with Gasteiger partial charge in [-0.05, 0) is 6.07 Å². The molecule has 0 atom stereocenters. The Hall–Kier alpha value is -2.22. The summed E-state index contributed by atoms with van der Waals surface area (Å²) in [6.07, 6.45) is 1.70. The molecule has 4 aromatic rings. The minimum Gasteiger partial charge on any atom is -0.348 e. The maximum atomic E-state index is 13.0. The van der Waals surface area contributed by atoms with Gasteiger partial charge in [0, 0.05) is 45.5 Å². The molecule has 0 unspecified atom stereocenters. The summed E-state index contributed by atoms with van der Waals surface area (Å²) in [7, 11) is 7.04. The van der Waals surface area contributed by atoms with E-state index in [9.17, 15) is 4.79 Å². The van der Waals surface area contributed by atoms with Gasteiger partial charge >= 0.3 is 0 Å². The number of hydrogen-bond donors (Lipinski definition) is 1. The molecule has 7 nitrogen and oxygen atoms in total. The molecular weight excluding hydrogens is 411 g/mol. The molecule has 0 aliphatic carbocycles. The second-order valence-electron chi connectivity index (χ2n) is 6.45. The Morgan fingerprint density at radius 2 is 1.81 bits per heavy atom. The molecule has 3 aromatic heterocycles. The monoisotopic (exact) mass is 424 g/mol. The summed E-state index contributed by atoms with van der Waals surface area (Å²) in [5, 5.41) is 6.43. The summed E-state index contributed by atoms with van der Waals surface area (Å²) >= 11 is 19.4. The summed E-state index contributed by atoms with van der Waals surface area (Å²) in [5.41, 5.74) is 1.99. The Bertz CT molecular complexity index is 1280. The number of aryl methyl sites for hydroxylation is 1. The number of rotatable bonds is 2. The van der Waals surface area contributed by atoms with Crippen LogP contribution < -0.4 is 10.5 Å². The number of aromatic nitrogens is 5. The molecule has 0 saturated carbocycles. The molecule has 0 fully saturated rings. The second-order valence-corrected chi connectivity index (χ2v) is 7.60. The van der Waals surface area contributed by atoms with E-state index in [0.717, 1.165) is 0 Å². The quantitative estimate of drug-likeness (QED) is 0.530. The van der Waals surface area contributed by atoms with Gasteiger partial charge in [-0.25, -0.2) is 0 Å². The van der Waals surface area contributed by atoms with Gasteiger partial charge in [-0.2, -0.15) is 10.1 Å². The van der Waals surface area contributed by atoms with Gasteiger partial charge in [0.2, 0.25) is 5.95 Å². The molecule has 0 spiro atoms. The van der Waals surface area contributed by atoms with Crippen molar-refractivity contribution in [3.63, 3.8) is 0 Å². The van der Waals surface area contributed by atoms with Gasteiger partial charge in [-0.3, -0.25) is 14.0 Å². The number of anilines is 1. The number of fused-ring (bicyclic) bond motifs is 2. The number of H-pyrrole nitrogens is 1. The lowest BCUT2D eigenvalue weighted by atomic mass is 10.0. The fraction of sp³-hybridized carbons (Fsp3) is 0.235. The number of nitrogens with zero attached hydrogens (tertiary/aromatic N) is 5. The minimum absolute atomic E-state index is 0.190. The van der Waals surface area contributed by atoms with E-state index >= 15 is 0 Å². The van der Waals surface area contributed by atoms with Crippen LogP contribution in [-0.2, 0) is 14.1 Å². The van der Waals surface area contributed by atoms with E-state index in [1.54, 1.807) is 31.3 Å². The lowest BCUT2D eigenvalue weighted by Crippen LogP contribution is -2.26. The zero-order valence-electron chi connectivity index (χ0n) is 14.9. The molecule has 1 aromatic carbocycles. The van der Waals surface area contributed by atoms with Crippen LogP contribution in [0.5, 0.6) is 0 Å². The highest BCUT2D eigenvalue weighted by Gasteiger charge is 2.22. The Labute approximate surface area is 169 Å². The van der Waals surface area contributed by atoms with Crippen molar-refractivity contribution in [1.29, 1.82) is 0 Å². The van der Waals surface area contributed by atoms with E-state index in [-0.39, 0.29) is 5.56 Å². The summed E-state index contributed by atoms with van der Waals surface area (Å²) in [6.45, 7) is 0. The van der Waals surface area contributed by atoms with Crippen molar-refractivity contribution in [3.8, 4) is 11.1 Å². The molecule has 0 radical (unpaired) electrons. The highest BCUT2D eigenvalue weighted by Crippen LogP contribution is 2.42. The molecule has 10 heteroatoms. The normalized spacial score (nSPS) is 11.7. The standard InChI is InChI=1S/C17H15Cl3N6O/c1-24(2)17-22-15-10(16(27)25(17)3)8(6-21-15)7-5-9(18)13-11(12(7)19)14(20)26(4)23-13/h5-6,21H,1-4H3. The smallest absolute Gasteiger partial charge is 0.264 e. The van der Waals surface area contributed by atoms with Crippen molar-refractivity contribution in [2.24, 2.45) is 14.1 Å². The largest absolute Gasteiger partial charge is 0.348 e. The third kappa shape index (κ3) is 2.53. The Kier molecular flexibility index (Phi) is 4.14. The number of halogens is 3. The third-order valence-corrected chi connectivity index (χ3v) is 5.62. The Morgan fingerprint density at radius 1 is 1.11 bits per heavy atom. The van der Waals surface area contributed by atoms with Gasteiger partial charge in [-0.1, -0.05) is 34.8 Å². The molecular formula is C17H15Cl3N6O. The van der Waals surface area contributed by atoms with E-state index in [1.807, 2.05) is 14.1 Å². The molecule has 4 rings (SSSR count). The number of benzene rings is 1. The molecule has 3 heterocycles. The maximum Gasteiger partial charge on any atom is 0.264 e. The van der Waals surface area contributed by atoms with Gasteiger partial charge in [0.1, 0.15) is 16.3 Å². The fourth-order valence-corrected chi connectivity index (χ4v) is 4.06. The topological polar surface area (TPSA) is 71.7 Å². The van der Waals surface area contributed by atoms with Crippen LogP contribution in [0.15, 0.2) is 17.1 Å². The maximum absolute atomic E-state index is 13.0. The summed E-state index contributed by atoms with van der Waals surface area (Å²) in [4.78, 5) is 22.4. The molecule has 0 amide bonds. The number of aromatic amines is 1. The number of nitrogens with one attached hydrogen (secondary N) is 1. The van der Waals surface area contributed by atoms with Gasteiger partial charge in [0.25, 0.3) is 5.56 Å². The molecule has 0 aliphatic heterocycles. The predicted molar refractivity (Wildman–Crippen MR) is 110 cm³/mol. The molecule has 0 aliphatic rings. The van der Waals surface area contributed by atoms with Crippen molar-refractivity contribution < 1.29 is 0 Å². The van der Waals surface area contributed by atoms with Crippen LogP contribution in [0.3, 0.4) is 0 Å². The summed E-state index contributed by atoms with van der Waals surface area (Å²) in [5.74, 6) is 0.538. The first-order valence-electron chi connectivity index (χ1n) is 7.98. The Balaban J connectivity index is 2.10. The zero-order chi connectivity index (χ0) is 19.6. The van der Waals surface area contributed by atoms with Crippen LogP contribution in [0.25, 0.3) is 33.1 Å². The third-order valence-electron chi connectivity index (χ3n) is 4.51. The van der Waals surface area contributed by atoms with Gasteiger partial charge in [-0.15, -0.1) is 0 Å². The second kappa shape index (κ2) is 6.15. The highest BCUT2D eigenvalue weighted by atomic mass is 35.5. The van der Waals surface area contributed by atoms with Crippen molar-refractivity contribution in [1.82, 2.24) is 24.3 Å². The highest BCUT2D eigenvalue weighted by molar-refractivity contribution is 6.46. The van der Waals surface area contributed by atoms with E-state index in [2.05, 4.69) is 15.1 Å². The molecule has 27 heavy (non-hydrogen) atoms. The van der Waals surface area contributed by atoms with E-state index in [1.165, 1.54) is 9.25 Å². The van der Waals surface area contributed by atoms with Crippen LogP contribution in [0.1, 0.15) is 0 Å². The van der Waals surface area contributed by atoms with Gasteiger partial charge in [0.15, 0.2) is 0 Å². The molecule has 1 N–H and O–H groups in total. The first kappa shape index (κ1) is 18.2. The van der Waals surface area contributed by atoms with E-state index in [0.29, 0.717) is 54.2 Å². The van der Waals surface area contributed by atoms with E-state index in [4.69, 9.17) is 34.8 Å². The lowest BCUT2D eigenvalue weighted by molar-refractivity contribution is 0.780. The molecule has 0 saturated heterocycles. The van der Waals surface area contributed by atoms with Crippen LogP contribution in [0.2, 0.25) is 15.2 Å². The van der Waals surface area contributed by atoms with Crippen molar-refractivity contribution in [2.45, 2.75) is 0 Å². The summed E-state index contributed by atoms with van der Waals surface area (Å²) < 4.78 is 3.00. The van der Waals surface area contributed by atoms with Gasteiger partial charge < -0.3 is 9.88 Å². The van der Waals surface area contributed by atoms with Crippen molar-refractivity contribution >= 4 is 62.7 Å². The lowest BCUT2D eigenvalue weighted by Gasteiger charge is -2.15. The fourth-order valence-electron chi connectivity index (χ4n) is 3.22. The van der Waals surface area contributed by atoms with Crippen LogP contribution in [0, 0.1) is 0 Å². The summed E-state index contributed by atoms with van der Waals surface area (Å²) in [6, 6.07) is 1.69. The first-order valence-corrected chi connectivity index (χ1v) is 9.11. The minimum atomic E-state index is -0.190. The van der Waals surface area contributed by atoms with Crippen molar-refractivity contribution in [3.05, 3.63) is 37.8 Å². The zero-order valence-corrected chi connectivity index (χ0v) is 17.2. The van der Waals surface area contributed by atoms with Gasteiger partial charge in [0.05, 0.1) is 20.8 Å². The average molecular weight is 426 g/mol. The first-order chi connectivity index (χ1) is 12.7. The SMILES string of the molecule is CN(C)c1nc2[nH]cc(-c3cc(Cl)c4nn(C)c(Cl)c4c3Cl)c2c(=O)n1C. The molecule has 140 valence electrons. The van der Waals surface area contributed by atoms with E-state index < -0.39 is 0 Å². The van der Waals surface area contributed by atoms with Crippen LogP contribution >= 0.6 is 34.8 Å². The van der Waals surface area contributed by atoms with Crippen molar-refractivity contribution in [2.75, 3.05) is 19.0 Å². The predicted octanol–water partition coefficient (Wildman–Crippen LogP) is 3.84. The Morgan fingerprint density at radius 3 is 2.48 bits per heavy atom.